The molecule has 2 N–H and O–H groups in total. The third-order valence-corrected chi connectivity index (χ3v) is 6.91. The highest BCUT2D eigenvalue weighted by atomic mass is 32.2. The number of benzene rings is 3. The highest BCUT2D eigenvalue weighted by molar-refractivity contribution is 7.92. The number of fused-ring (bicyclic) bond motifs is 1. The molecule has 1 aliphatic heterocycles. The molecule has 1 atom stereocenters. The Morgan fingerprint density at radius 3 is 2.35 bits per heavy atom. The summed E-state index contributed by atoms with van der Waals surface area (Å²) < 4.78 is 35.2. The summed E-state index contributed by atoms with van der Waals surface area (Å²) in [7, 11) is -2.22. The largest absolute Gasteiger partial charge is 0.497 e. The first-order chi connectivity index (χ1) is 16.4. The molecule has 0 bridgehead atoms. The van der Waals surface area contributed by atoms with Gasteiger partial charge >= 0.3 is 0 Å². The lowest BCUT2D eigenvalue weighted by Gasteiger charge is -2.24. The first-order valence-electron chi connectivity index (χ1n) is 10.7. The lowest BCUT2D eigenvalue weighted by molar-refractivity contribution is 0.414. The fourth-order valence-corrected chi connectivity index (χ4v) is 4.70. The van der Waals surface area contributed by atoms with Gasteiger partial charge in [-0.1, -0.05) is 60.2 Å². The second-order valence-electron chi connectivity index (χ2n) is 7.91. The second-order valence-corrected chi connectivity index (χ2v) is 9.59. The van der Waals surface area contributed by atoms with Crippen LogP contribution in [0.5, 0.6) is 5.75 Å². The zero-order valence-corrected chi connectivity index (χ0v) is 19.5. The van der Waals surface area contributed by atoms with Crippen LogP contribution in [-0.2, 0) is 10.0 Å². The van der Waals surface area contributed by atoms with Crippen LogP contribution in [0.2, 0.25) is 0 Å². The Bertz CT molecular complexity index is 1440. The number of allylic oxidation sites excluding steroid dienone is 1. The van der Waals surface area contributed by atoms with E-state index in [0.717, 1.165) is 28.1 Å². The van der Waals surface area contributed by atoms with Crippen LogP contribution in [0.4, 0.5) is 11.9 Å². The normalized spacial score (nSPS) is 15.1. The van der Waals surface area contributed by atoms with Gasteiger partial charge in [-0.05, 0) is 48.4 Å². The van der Waals surface area contributed by atoms with Gasteiger partial charge in [-0.2, -0.15) is 4.98 Å². The number of aryl methyl sites for hydroxylation is 1. The quantitative estimate of drug-likeness (QED) is 0.429. The number of anilines is 2. The zero-order chi connectivity index (χ0) is 23.7. The molecule has 0 radical (unpaired) electrons. The Morgan fingerprint density at radius 1 is 0.971 bits per heavy atom. The van der Waals surface area contributed by atoms with Crippen molar-refractivity contribution in [1.29, 1.82) is 0 Å². The average Bonchev–Trinajstić information content (AvgIpc) is 3.26. The number of sulfonamides is 1. The van der Waals surface area contributed by atoms with Crippen molar-refractivity contribution in [3.8, 4) is 5.75 Å². The number of nitrogens with one attached hydrogen (secondary N) is 2. The molecule has 0 saturated heterocycles. The number of hydrogen-bond donors (Lipinski definition) is 2. The van der Waals surface area contributed by atoms with Crippen molar-refractivity contribution in [2.45, 2.75) is 17.9 Å². The number of ether oxygens (including phenoxy) is 1. The molecule has 2 heterocycles. The lowest BCUT2D eigenvalue weighted by atomic mass is 10.0. The summed E-state index contributed by atoms with van der Waals surface area (Å²) in [6, 6.07) is 23.8. The molecule has 1 aliphatic rings. The molecule has 34 heavy (non-hydrogen) atoms. The van der Waals surface area contributed by atoms with Gasteiger partial charge in [0.1, 0.15) is 11.8 Å². The summed E-state index contributed by atoms with van der Waals surface area (Å²) in [6.07, 6.45) is 2.04. The van der Waals surface area contributed by atoms with Gasteiger partial charge in [-0.15, -0.1) is 5.10 Å². The third-order valence-electron chi connectivity index (χ3n) is 5.56. The molecule has 172 valence electrons. The van der Waals surface area contributed by atoms with Crippen molar-refractivity contribution < 1.29 is 13.2 Å². The van der Waals surface area contributed by atoms with Crippen LogP contribution in [0.3, 0.4) is 0 Å². The first-order valence-corrected chi connectivity index (χ1v) is 12.2. The van der Waals surface area contributed by atoms with E-state index >= 15 is 0 Å². The molecule has 0 fully saturated rings. The fraction of sp³-hybridized carbons (Fsp3) is 0.120. The van der Waals surface area contributed by atoms with Gasteiger partial charge in [-0.25, -0.2) is 17.8 Å². The van der Waals surface area contributed by atoms with Crippen molar-refractivity contribution in [2.24, 2.45) is 0 Å². The van der Waals surface area contributed by atoms with Crippen molar-refractivity contribution in [3.63, 3.8) is 0 Å². The van der Waals surface area contributed by atoms with Crippen LogP contribution in [0.25, 0.3) is 5.70 Å². The molecule has 4 aromatic rings. The Labute approximate surface area is 198 Å². The van der Waals surface area contributed by atoms with E-state index in [1.54, 1.807) is 36.1 Å². The molecule has 9 heteroatoms. The Balaban J connectivity index is 1.53. The molecule has 3 aromatic carbocycles. The van der Waals surface area contributed by atoms with Crippen molar-refractivity contribution >= 4 is 27.6 Å². The molecule has 5 rings (SSSR count). The van der Waals surface area contributed by atoms with Crippen LogP contribution >= 0.6 is 0 Å². The van der Waals surface area contributed by atoms with Crippen LogP contribution in [0, 0.1) is 6.92 Å². The third kappa shape index (κ3) is 4.25. The van der Waals surface area contributed by atoms with Crippen LogP contribution in [0.1, 0.15) is 22.7 Å². The molecule has 0 saturated carbocycles. The van der Waals surface area contributed by atoms with Gasteiger partial charge in [0, 0.05) is 5.70 Å². The fourth-order valence-electron chi connectivity index (χ4n) is 3.76. The van der Waals surface area contributed by atoms with E-state index in [2.05, 4.69) is 20.1 Å². The molecular formula is C25H23N5O3S. The van der Waals surface area contributed by atoms with Crippen LogP contribution in [-0.4, -0.2) is 30.3 Å². The first kappa shape index (κ1) is 21.7. The van der Waals surface area contributed by atoms with Crippen molar-refractivity contribution in [3.05, 3.63) is 102 Å². The predicted octanol–water partition coefficient (Wildman–Crippen LogP) is 4.45. The lowest BCUT2D eigenvalue weighted by Crippen LogP contribution is -2.20. The van der Waals surface area contributed by atoms with Gasteiger partial charge in [0.2, 0.25) is 5.95 Å². The predicted molar refractivity (Wildman–Crippen MR) is 131 cm³/mol. The summed E-state index contributed by atoms with van der Waals surface area (Å²) in [4.78, 5) is 4.60. The average molecular weight is 474 g/mol. The summed E-state index contributed by atoms with van der Waals surface area (Å²) >= 11 is 0. The minimum absolute atomic E-state index is 0.00991. The second kappa shape index (κ2) is 8.68. The minimum Gasteiger partial charge on any atom is -0.497 e. The molecule has 0 amide bonds. The SMILES string of the molecule is COc1ccc([C@@H]2C=C(c3ccccc3)Nc3nc(NS(=O)(=O)c4ccc(C)cc4)nn32)cc1. The number of rotatable bonds is 6. The van der Waals surface area contributed by atoms with E-state index in [9.17, 15) is 8.42 Å². The topological polar surface area (TPSA) is 98.1 Å². The van der Waals surface area contributed by atoms with Gasteiger partial charge in [0.25, 0.3) is 16.0 Å². The summed E-state index contributed by atoms with van der Waals surface area (Å²) in [5.74, 6) is 1.17. The number of hydrogen-bond acceptors (Lipinski definition) is 6. The monoisotopic (exact) mass is 473 g/mol. The van der Waals surface area contributed by atoms with Gasteiger partial charge in [-0.3, -0.25) is 0 Å². The minimum atomic E-state index is -3.84. The molecule has 8 nitrogen and oxygen atoms in total. The summed E-state index contributed by atoms with van der Waals surface area (Å²) in [6.45, 7) is 1.90. The maximum Gasteiger partial charge on any atom is 0.264 e. The zero-order valence-electron chi connectivity index (χ0n) is 18.6. The maximum atomic E-state index is 12.9. The Morgan fingerprint density at radius 2 is 1.68 bits per heavy atom. The molecule has 0 unspecified atom stereocenters. The molecule has 0 spiro atoms. The van der Waals surface area contributed by atoms with E-state index in [-0.39, 0.29) is 16.9 Å². The number of methoxy groups -OCH3 is 1. The van der Waals surface area contributed by atoms with Crippen molar-refractivity contribution in [2.75, 3.05) is 17.1 Å². The van der Waals surface area contributed by atoms with E-state index in [0.29, 0.717) is 5.95 Å². The molecular weight excluding hydrogens is 450 g/mol. The number of aromatic nitrogens is 3. The maximum absolute atomic E-state index is 12.9. The highest BCUT2D eigenvalue weighted by Crippen LogP contribution is 2.34. The van der Waals surface area contributed by atoms with E-state index < -0.39 is 10.0 Å². The molecule has 1 aromatic heterocycles. The standard InChI is InChI=1S/C25H23N5O3S/c1-17-8-14-21(15-9-17)34(31,32)29-24-27-25-26-22(18-6-4-3-5-7-18)16-23(30(25)28-24)19-10-12-20(33-2)13-11-19/h3-16,23H,1-2H3,(H2,26,27,28,29)/t23-/m0/s1. The van der Waals surface area contributed by atoms with Gasteiger partial charge in [0.05, 0.1) is 12.0 Å². The van der Waals surface area contributed by atoms with E-state index in [1.165, 1.54) is 0 Å². The van der Waals surface area contributed by atoms with E-state index in [4.69, 9.17) is 4.74 Å². The van der Waals surface area contributed by atoms with Gasteiger partial charge in [0.15, 0.2) is 0 Å². The Kier molecular flexibility index (Phi) is 5.54. The van der Waals surface area contributed by atoms with Crippen LogP contribution < -0.4 is 14.8 Å². The highest BCUT2D eigenvalue weighted by Gasteiger charge is 2.27. The summed E-state index contributed by atoms with van der Waals surface area (Å²) in [5, 5.41) is 7.76. The smallest absolute Gasteiger partial charge is 0.264 e. The molecule has 0 aliphatic carbocycles. The number of nitrogens with zero attached hydrogens (tertiary/aromatic N) is 3. The summed E-state index contributed by atoms with van der Waals surface area (Å²) in [5.41, 5.74) is 3.77. The Hall–Kier alpha value is -4.11. The van der Waals surface area contributed by atoms with E-state index in [1.807, 2.05) is 67.6 Å². The van der Waals surface area contributed by atoms with Crippen LogP contribution in [0.15, 0.2) is 89.8 Å². The van der Waals surface area contributed by atoms with Crippen molar-refractivity contribution in [1.82, 2.24) is 14.8 Å². The van der Waals surface area contributed by atoms with Gasteiger partial charge < -0.3 is 10.1 Å².